The van der Waals surface area contributed by atoms with Crippen LogP contribution in [0.1, 0.15) is 10.4 Å². The van der Waals surface area contributed by atoms with Gasteiger partial charge >= 0.3 is 0 Å². The number of amides is 1. The van der Waals surface area contributed by atoms with Crippen LogP contribution in [0.3, 0.4) is 0 Å². The maximum absolute atomic E-state index is 11.8. The molecule has 0 fully saturated rings. The molecule has 86 valence electrons. The summed E-state index contributed by atoms with van der Waals surface area (Å²) in [5.41, 5.74) is 6.30. The van der Waals surface area contributed by atoms with Gasteiger partial charge in [0, 0.05) is 6.20 Å². The molecule has 0 atom stereocenters. The van der Waals surface area contributed by atoms with Gasteiger partial charge in [-0.05, 0) is 22.0 Å². The van der Waals surface area contributed by atoms with Crippen molar-refractivity contribution >= 4 is 33.3 Å². The van der Waals surface area contributed by atoms with Crippen LogP contribution in [0.5, 0.6) is 0 Å². The topological polar surface area (TPSA) is 93.8 Å². The van der Waals surface area contributed by atoms with E-state index in [1.54, 1.807) is 0 Å². The summed E-state index contributed by atoms with van der Waals surface area (Å²) in [6.07, 6.45) is 5.85. The predicted molar refractivity (Wildman–Crippen MR) is 66.3 cm³/mol. The molecule has 7 heteroatoms. The number of hydrogen-bond acceptors (Lipinski definition) is 5. The second-order valence-corrected chi connectivity index (χ2v) is 3.95. The number of carbonyl (C=O) groups excluding carboxylic acids is 1. The third kappa shape index (κ3) is 2.76. The van der Waals surface area contributed by atoms with Crippen LogP contribution in [0, 0.1) is 0 Å². The molecule has 0 spiro atoms. The molecule has 0 unspecified atom stereocenters. The quantitative estimate of drug-likeness (QED) is 0.874. The van der Waals surface area contributed by atoms with Gasteiger partial charge in [-0.3, -0.25) is 9.78 Å². The summed E-state index contributed by atoms with van der Waals surface area (Å²) in [5.74, 6) is 0.0101. The average molecular weight is 294 g/mol. The molecule has 6 nitrogen and oxygen atoms in total. The van der Waals surface area contributed by atoms with Crippen LogP contribution in [0.2, 0.25) is 0 Å². The van der Waals surface area contributed by atoms with Crippen molar-refractivity contribution in [3.63, 3.8) is 0 Å². The van der Waals surface area contributed by atoms with Crippen LogP contribution in [0.15, 0.2) is 35.5 Å². The molecule has 0 aliphatic carbocycles. The molecule has 0 aromatic carbocycles. The number of nitrogens with two attached hydrogens (primary N) is 1. The molecule has 0 saturated heterocycles. The van der Waals surface area contributed by atoms with Crippen LogP contribution in [-0.4, -0.2) is 20.9 Å². The standard InChI is InChI=1S/C10H8BrN5O/c11-8-4-15-9(5-14-8)16-10(17)6-1-2-13-3-7(6)12/h1-5H,12H2,(H,15,16,17). The number of rotatable bonds is 2. The molecule has 0 aliphatic heterocycles. The minimum Gasteiger partial charge on any atom is -0.397 e. The van der Waals surface area contributed by atoms with Gasteiger partial charge in [0.25, 0.3) is 5.91 Å². The molecule has 2 aromatic heterocycles. The second kappa shape index (κ2) is 4.88. The normalized spacial score (nSPS) is 9.94. The van der Waals surface area contributed by atoms with Gasteiger partial charge < -0.3 is 11.1 Å². The van der Waals surface area contributed by atoms with Crippen LogP contribution in [0.4, 0.5) is 11.5 Å². The number of carbonyl (C=O) groups is 1. The van der Waals surface area contributed by atoms with Crippen LogP contribution in [-0.2, 0) is 0 Å². The Morgan fingerprint density at radius 3 is 2.76 bits per heavy atom. The third-order valence-electron chi connectivity index (χ3n) is 1.96. The summed E-state index contributed by atoms with van der Waals surface area (Å²) in [5, 5.41) is 2.59. The van der Waals surface area contributed by atoms with Crippen LogP contribution in [0.25, 0.3) is 0 Å². The first-order chi connectivity index (χ1) is 8.16. The Hall–Kier alpha value is -2.02. The minimum atomic E-state index is -0.346. The maximum atomic E-state index is 11.8. The largest absolute Gasteiger partial charge is 0.397 e. The van der Waals surface area contributed by atoms with Crippen molar-refractivity contribution in [2.24, 2.45) is 0 Å². The Labute approximate surface area is 105 Å². The Morgan fingerprint density at radius 1 is 1.29 bits per heavy atom. The Kier molecular flexibility index (Phi) is 3.29. The number of pyridine rings is 1. The van der Waals surface area contributed by atoms with E-state index in [0.29, 0.717) is 21.7 Å². The first-order valence-corrected chi connectivity index (χ1v) is 5.44. The van der Waals surface area contributed by atoms with E-state index in [1.807, 2.05) is 0 Å². The van der Waals surface area contributed by atoms with Gasteiger partial charge in [-0.25, -0.2) is 9.97 Å². The third-order valence-corrected chi connectivity index (χ3v) is 2.37. The first kappa shape index (κ1) is 11.5. The van der Waals surface area contributed by atoms with Gasteiger partial charge in [-0.1, -0.05) is 0 Å². The number of nitrogen functional groups attached to an aromatic ring is 1. The smallest absolute Gasteiger partial charge is 0.259 e. The Morgan fingerprint density at radius 2 is 2.12 bits per heavy atom. The SMILES string of the molecule is Nc1cnccc1C(=O)Nc1cnc(Br)cn1. The fraction of sp³-hybridized carbons (Fsp3) is 0. The zero-order chi connectivity index (χ0) is 12.3. The lowest BCUT2D eigenvalue weighted by Crippen LogP contribution is -2.15. The molecule has 0 saturated carbocycles. The maximum Gasteiger partial charge on any atom is 0.259 e. The first-order valence-electron chi connectivity index (χ1n) is 4.65. The van der Waals surface area contributed by atoms with Gasteiger partial charge in [0.15, 0.2) is 5.82 Å². The lowest BCUT2D eigenvalue weighted by atomic mass is 10.2. The van der Waals surface area contributed by atoms with Crippen LogP contribution >= 0.6 is 15.9 Å². The summed E-state index contributed by atoms with van der Waals surface area (Å²) in [7, 11) is 0. The molecule has 2 heterocycles. The number of hydrogen-bond donors (Lipinski definition) is 2. The monoisotopic (exact) mass is 293 g/mol. The molecule has 2 aromatic rings. The summed E-state index contributed by atoms with van der Waals surface area (Å²) in [6.45, 7) is 0. The van der Waals surface area contributed by atoms with Gasteiger partial charge in [0.2, 0.25) is 0 Å². The molecule has 0 bridgehead atoms. The van der Waals surface area contributed by atoms with Crippen molar-refractivity contribution in [2.75, 3.05) is 11.1 Å². The molecule has 1 amide bonds. The molecule has 17 heavy (non-hydrogen) atoms. The second-order valence-electron chi connectivity index (χ2n) is 3.14. The zero-order valence-electron chi connectivity index (χ0n) is 8.59. The predicted octanol–water partition coefficient (Wildman–Crippen LogP) is 1.47. The molecular formula is C10H8BrN5O. The minimum absolute atomic E-state index is 0.315. The highest BCUT2D eigenvalue weighted by molar-refractivity contribution is 9.10. The summed E-state index contributed by atoms with van der Waals surface area (Å²) < 4.78 is 0.596. The highest BCUT2D eigenvalue weighted by Gasteiger charge is 2.10. The van der Waals surface area contributed by atoms with E-state index in [0.717, 1.165) is 0 Å². The molecule has 0 radical (unpaired) electrons. The van der Waals surface area contributed by atoms with E-state index in [1.165, 1.54) is 30.9 Å². The van der Waals surface area contributed by atoms with Crippen molar-refractivity contribution in [1.29, 1.82) is 0 Å². The van der Waals surface area contributed by atoms with Crippen molar-refractivity contribution < 1.29 is 4.79 Å². The number of aromatic nitrogens is 3. The molecule has 2 rings (SSSR count). The zero-order valence-corrected chi connectivity index (χ0v) is 10.2. The molecule has 3 N–H and O–H groups in total. The van der Waals surface area contributed by atoms with Crippen molar-refractivity contribution in [3.05, 3.63) is 41.0 Å². The Bertz CT molecular complexity index is 543. The number of anilines is 2. The van der Waals surface area contributed by atoms with Gasteiger partial charge in [-0.2, -0.15) is 0 Å². The summed E-state index contributed by atoms with van der Waals surface area (Å²) in [6, 6.07) is 1.54. The van der Waals surface area contributed by atoms with Gasteiger partial charge in [-0.15, -0.1) is 0 Å². The number of nitrogens with zero attached hydrogens (tertiary/aromatic N) is 3. The van der Waals surface area contributed by atoms with Crippen molar-refractivity contribution in [1.82, 2.24) is 15.0 Å². The number of halogens is 1. The lowest BCUT2D eigenvalue weighted by molar-refractivity contribution is 0.102. The van der Waals surface area contributed by atoms with E-state index in [-0.39, 0.29) is 5.91 Å². The van der Waals surface area contributed by atoms with E-state index < -0.39 is 0 Å². The van der Waals surface area contributed by atoms with Crippen LogP contribution < -0.4 is 11.1 Å². The fourth-order valence-corrected chi connectivity index (χ4v) is 1.38. The summed E-state index contributed by atoms with van der Waals surface area (Å²) >= 11 is 3.15. The number of nitrogens with one attached hydrogen (secondary N) is 1. The van der Waals surface area contributed by atoms with E-state index in [2.05, 4.69) is 36.2 Å². The molecule has 0 aliphatic rings. The fourth-order valence-electron chi connectivity index (χ4n) is 1.17. The van der Waals surface area contributed by atoms with Gasteiger partial charge in [0.1, 0.15) is 4.60 Å². The average Bonchev–Trinajstić information content (AvgIpc) is 2.32. The van der Waals surface area contributed by atoms with E-state index in [9.17, 15) is 4.79 Å². The van der Waals surface area contributed by atoms with E-state index in [4.69, 9.17) is 5.73 Å². The molecular weight excluding hydrogens is 286 g/mol. The van der Waals surface area contributed by atoms with E-state index >= 15 is 0 Å². The Balaban J connectivity index is 2.17. The highest BCUT2D eigenvalue weighted by Crippen LogP contribution is 2.12. The summed E-state index contributed by atoms with van der Waals surface area (Å²) in [4.78, 5) is 23.5. The van der Waals surface area contributed by atoms with Crippen molar-refractivity contribution in [2.45, 2.75) is 0 Å². The van der Waals surface area contributed by atoms with Crippen molar-refractivity contribution in [3.8, 4) is 0 Å². The lowest BCUT2D eigenvalue weighted by Gasteiger charge is -2.05. The van der Waals surface area contributed by atoms with Gasteiger partial charge in [0.05, 0.1) is 29.8 Å². The highest BCUT2D eigenvalue weighted by atomic mass is 79.9.